The summed E-state index contributed by atoms with van der Waals surface area (Å²) in [4.78, 5) is 14.3. The molecular formula is C20H23F3N2O2. The molecule has 0 N–H and O–H groups in total. The van der Waals surface area contributed by atoms with Crippen LogP contribution in [0.1, 0.15) is 41.8 Å². The van der Waals surface area contributed by atoms with Gasteiger partial charge < -0.3 is 9.42 Å². The zero-order valence-corrected chi connectivity index (χ0v) is 15.3. The Kier molecular flexibility index (Phi) is 5.87. The Morgan fingerprint density at radius 2 is 2.11 bits per heavy atom. The highest BCUT2D eigenvalue weighted by atomic mass is 19.4. The van der Waals surface area contributed by atoms with Gasteiger partial charge in [0, 0.05) is 19.2 Å². The van der Waals surface area contributed by atoms with Crippen LogP contribution >= 0.6 is 0 Å². The SMILES string of the molecule is Cc1cc(CC(=O)N2CCC[C@H](CCc3ccccc3C(F)(F)F)C2)on1. The molecule has 1 atom stereocenters. The minimum Gasteiger partial charge on any atom is -0.361 e. The van der Waals surface area contributed by atoms with Gasteiger partial charge in [0.25, 0.3) is 0 Å². The molecule has 0 spiro atoms. The third kappa shape index (κ3) is 5.11. The summed E-state index contributed by atoms with van der Waals surface area (Å²) in [5.74, 6) is 0.728. The zero-order chi connectivity index (χ0) is 19.4. The number of piperidine rings is 1. The Balaban J connectivity index is 1.57. The lowest BCUT2D eigenvalue weighted by Crippen LogP contribution is -2.40. The number of nitrogens with zero attached hydrogens (tertiary/aromatic N) is 2. The molecule has 1 aliphatic rings. The molecule has 2 aromatic rings. The Morgan fingerprint density at radius 3 is 2.81 bits per heavy atom. The van der Waals surface area contributed by atoms with E-state index in [0.29, 0.717) is 37.3 Å². The number of hydrogen-bond donors (Lipinski definition) is 0. The van der Waals surface area contributed by atoms with Gasteiger partial charge in [0.1, 0.15) is 5.76 Å². The highest BCUT2D eigenvalue weighted by molar-refractivity contribution is 5.78. The van der Waals surface area contributed by atoms with Crippen molar-refractivity contribution in [3.05, 3.63) is 52.9 Å². The number of amides is 1. The van der Waals surface area contributed by atoms with Crippen molar-refractivity contribution in [2.24, 2.45) is 5.92 Å². The maximum atomic E-state index is 13.1. The van der Waals surface area contributed by atoms with Gasteiger partial charge in [-0.2, -0.15) is 13.2 Å². The zero-order valence-electron chi connectivity index (χ0n) is 15.3. The van der Waals surface area contributed by atoms with Crippen molar-refractivity contribution < 1.29 is 22.5 Å². The summed E-state index contributed by atoms with van der Waals surface area (Å²) >= 11 is 0. The van der Waals surface area contributed by atoms with Crippen LogP contribution in [0, 0.1) is 12.8 Å². The molecule has 27 heavy (non-hydrogen) atoms. The normalized spacial score (nSPS) is 17.9. The number of likely N-dealkylation sites (tertiary alicyclic amines) is 1. The number of benzene rings is 1. The molecule has 1 amide bonds. The second-order valence-electron chi connectivity index (χ2n) is 7.15. The number of rotatable bonds is 5. The minimum absolute atomic E-state index is 0.0217. The fourth-order valence-corrected chi connectivity index (χ4v) is 3.66. The van der Waals surface area contributed by atoms with Gasteiger partial charge in [0.2, 0.25) is 5.91 Å². The summed E-state index contributed by atoms with van der Waals surface area (Å²) in [5, 5.41) is 3.78. The smallest absolute Gasteiger partial charge is 0.361 e. The van der Waals surface area contributed by atoms with Crippen molar-refractivity contribution in [2.75, 3.05) is 13.1 Å². The van der Waals surface area contributed by atoms with Crippen LogP contribution in [0.15, 0.2) is 34.9 Å². The van der Waals surface area contributed by atoms with Crippen LogP contribution in [0.3, 0.4) is 0 Å². The van der Waals surface area contributed by atoms with Crippen molar-refractivity contribution in [1.29, 1.82) is 0 Å². The summed E-state index contributed by atoms with van der Waals surface area (Å²) in [6.45, 7) is 3.06. The van der Waals surface area contributed by atoms with Gasteiger partial charge in [-0.15, -0.1) is 0 Å². The number of carbonyl (C=O) groups is 1. The predicted octanol–water partition coefficient (Wildman–Crippen LogP) is 4.42. The molecule has 4 nitrogen and oxygen atoms in total. The molecule has 0 radical (unpaired) electrons. The average Bonchev–Trinajstić information content (AvgIpc) is 3.04. The third-order valence-electron chi connectivity index (χ3n) is 5.02. The van der Waals surface area contributed by atoms with Crippen molar-refractivity contribution >= 4 is 5.91 Å². The monoisotopic (exact) mass is 380 g/mol. The number of hydrogen-bond acceptors (Lipinski definition) is 3. The summed E-state index contributed by atoms with van der Waals surface area (Å²) < 4.78 is 44.5. The van der Waals surface area contributed by atoms with Crippen molar-refractivity contribution in [2.45, 2.75) is 45.2 Å². The first-order chi connectivity index (χ1) is 12.8. The van der Waals surface area contributed by atoms with Gasteiger partial charge in [-0.25, -0.2) is 0 Å². The Hall–Kier alpha value is -2.31. The number of carbonyl (C=O) groups excluding carboxylic acids is 1. The molecule has 146 valence electrons. The van der Waals surface area contributed by atoms with Gasteiger partial charge in [-0.1, -0.05) is 23.4 Å². The molecule has 0 aliphatic carbocycles. The van der Waals surface area contributed by atoms with E-state index >= 15 is 0 Å². The van der Waals surface area contributed by atoms with E-state index in [4.69, 9.17) is 4.52 Å². The maximum Gasteiger partial charge on any atom is 0.416 e. The van der Waals surface area contributed by atoms with Gasteiger partial charge in [-0.3, -0.25) is 4.79 Å². The molecule has 0 unspecified atom stereocenters. The Labute approximate surface area is 156 Å². The molecule has 0 saturated carbocycles. The van der Waals surface area contributed by atoms with E-state index in [9.17, 15) is 18.0 Å². The Morgan fingerprint density at radius 1 is 1.33 bits per heavy atom. The molecule has 1 saturated heterocycles. The lowest BCUT2D eigenvalue weighted by molar-refractivity contribution is -0.138. The van der Waals surface area contributed by atoms with Crippen LogP contribution in [-0.4, -0.2) is 29.1 Å². The minimum atomic E-state index is -4.33. The molecule has 2 heterocycles. The first-order valence-electron chi connectivity index (χ1n) is 9.18. The van der Waals surface area contributed by atoms with Gasteiger partial charge >= 0.3 is 6.18 Å². The van der Waals surface area contributed by atoms with E-state index in [1.807, 2.05) is 0 Å². The van der Waals surface area contributed by atoms with Crippen molar-refractivity contribution in [3.63, 3.8) is 0 Å². The standard InChI is InChI=1S/C20H23F3N2O2/c1-14-11-17(27-24-14)12-19(26)25-10-4-5-15(13-25)8-9-16-6-2-3-7-18(16)20(21,22)23/h2-3,6-7,11,15H,4-5,8-10,12-13H2,1H3/t15-/m1/s1. The summed E-state index contributed by atoms with van der Waals surface area (Å²) in [6.07, 6.45) is -1.36. The van der Waals surface area contributed by atoms with Crippen LogP contribution in [0.4, 0.5) is 13.2 Å². The maximum absolute atomic E-state index is 13.1. The molecule has 0 bridgehead atoms. The largest absolute Gasteiger partial charge is 0.416 e. The van der Waals surface area contributed by atoms with Crippen molar-refractivity contribution in [1.82, 2.24) is 10.1 Å². The van der Waals surface area contributed by atoms with Gasteiger partial charge in [0.15, 0.2) is 0 Å². The molecular weight excluding hydrogens is 357 g/mol. The van der Waals surface area contributed by atoms with E-state index in [1.54, 1.807) is 30.0 Å². The van der Waals surface area contributed by atoms with E-state index < -0.39 is 11.7 Å². The summed E-state index contributed by atoms with van der Waals surface area (Å²) in [6, 6.07) is 7.47. The van der Waals surface area contributed by atoms with E-state index in [-0.39, 0.29) is 18.2 Å². The average molecular weight is 380 g/mol. The van der Waals surface area contributed by atoms with Crippen LogP contribution < -0.4 is 0 Å². The van der Waals surface area contributed by atoms with Crippen molar-refractivity contribution in [3.8, 4) is 0 Å². The molecule has 3 rings (SSSR count). The Bertz CT molecular complexity index is 786. The molecule has 1 aromatic heterocycles. The predicted molar refractivity (Wildman–Crippen MR) is 94.0 cm³/mol. The number of halogens is 3. The first kappa shape index (κ1) is 19.5. The van der Waals surface area contributed by atoms with Crippen LogP contribution in [0.2, 0.25) is 0 Å². The van der Waals surface area contributed by atoms with E-state index in [1.165, 1.54) is 6.07 Å². The molecule has 1 aromatic carbocycles. The topological polar surface area (TPSA) is 46.3 Å². The fourth-order valence-electron chi connectivity index (χ4n) is 3.66. The van der Waals surface area contributed by atoms with Gasteiger partial charge in [0.05, 0.1) is 17.7 Å². The molecule has 1 fully saturated rings. The summed E-state index contributed by atoms with van der Waals surface area (Å²) in [7, 11) is 0. The lowest BCUT2D eigenvalue weighted by atomic mass is 9.90. The fraction of sp³-hybridized carbons (Fsp3) is 0.500. The second kappa shape index (κ2) is 8.15. The van der Waals surface area contributed by atoms with Crippen LogP contribution in [0.5, 0.6) is 0 Å². The summed E-state index contributed by atoms with van der Waals surface area (Å²) in [5.41, 5.74) is 0.498. The third-order valence-corrected chi connectivity index (χ3v) is 5.02. The number of aryl methyl sites for hydroxylation is 2. The molecule has 7 heteroatoms. The second-order valence-corrected chi connectivity index (χ2v) is 7.15. The molecule has 1 aliphatic heterocycles. The van der Waals surface area contributed by atoms with Crippen LogP contribution in [0.25, 0.3) is 0 Å². The van der Waals surface area contributed by atoms with E-state index in [2.05, 4.69) is 5.16 Å². The number of alkyl halides is 3. The highest BCUT2D eigenvalue weighted by Crippen LogP contribution is 2.33. The first-order valence-corrected chi connectivity index (χ1v) is 9.18. The van der Waals surface area contributed by atoms with Crippen LogP contribution in [-0.2, 0) is 23.8 Å². The van der Waals surface area contributed by atoms with E-state index in [0.717, 1.165) is 24.6 Å². The highest BCUT2D eigenvalue weighted by Gasteiger charge is 2.33. The quantitative estimate of drug-likeness (QED) is 0.772. The number of aromatic nitrogens is 1. The lowest BCUT2D eigenvalue weighted by Gasteiger charge is -2.33. The van der Waals surface area contributed by atoms with Gasteiger partial charge in [-0.05, 0) is 50.2 Å².